The highest BCUT2D eigenvalue weighted by Gasteiger charge is 2.33. The summed E-state index contributed by atoms with van der Waals surface area (Å²) in [6.45, 7) is 3.99. The van der Waals surface area contributed by atoms with Gasteiger partial charge in [-0.1, -0.05) is 24.8 Å². The molecule has 0 saturated heterocycles. The number of sulfonamides is 1. The van der Waals surface area contributed by atoms with Crippen LogP contribution in [-0.2, 0) is 34.3 Å². The van der Waals surface area contributed by atoms with Crippen LogP contribution in [0.15, 0.2) is 88.8 Å². The SMILES string of the molecule is C=CC(=O)Nc1cc2c(o1)CN(S(=O)(=O)c1ccc(C(=O)NCCc3ccc4cccnc4c3)cc1)C2. The summed E-state index contributed by atoms with van der Waals surface area (Å²) in [4.78, 5) is 28.4. The monoisotopic (exact) mass is 516 g/mol. The second-order valence-electron chi connectivity index (χ2n) is 8.59. The number of hydrogen-bond acceptors (Lipinski definition) is 6. The highest BCUT2D eigenvalue weighted by Crippen LogP contribution is 2.32. The first-order chi connectivity index (χ1) is 17.8. The minimum absolute atomic E-state index is 0.0498. The third-order valence-corrected chi connectivity index (χ3v) is 7.92. The number of amides is 2. The Bertz CT molecular complexity index is 1590. The number of fused-ring (bicyclic) bond motifs is 2. The first kappa shape index (κ1) is 24.4. The second kappa shape index (κ2) is 10.00. The molecule has 2 aromatic heterocycles. The van der Waals surface area contributed by atoms with Gasteiger partial charge in [-0.3, -0.25) is 19.9 Å². The lowest BCUT2D eigenvalue weighted by Gasteiger charge is -2.16. The molecule has 4 aromatic rings. The van der Waals surface area contributed by atoms with Crippen molar-refractivity contribution in [3.63, 3.8) is 0 Å². The van der Waals surface area contributed by atoms with Crippen LogP contribution in [-0.4, -0.2) is 36.1 Å². The molecule has 9 nitrogen and oxygen atoms in total. The topological polar surface area (TPSA) is 122 Å². The van der Waals surface area contributed by atoms with Crippen LogP contribution in [0.25, 0.3) is 10.9 Å². The van der Waals surface area contributed by atoms with E-state index in [4.69, 9.17) is 4.42 Å². The Morgan fingerprint density at radius 2 is 1.89 bits per heavy atom. The first-order valence-corrected chi connectivity index (χ1v) is 13.0. The molecule has 5 rings (SSSR count). The van der Waals surface area contributed by atoms with Crippen molar-refractivity contribution in [2.24, 2.45) is 0 Å². The van der Waals surface area contributed by atoms with Gasteiger partial charge in [0, 0.05) is 41.9 Å². The maximum Gasteiger partial charge on any atom is 0.251 e. The average Bonchev–Trinajstić information content (AvgIpc) is 3.48. The molecule has 2 amide bonds. The number of nitrogens with one attached hydrogen (secondary N) is 2. The molecule has 0 aliphatic carbocycles. The van der Waals surface area contributed by atoms with E-state index in [1.165, 1.54) is 28.6 Å². The van der Waals surface area contributed by atoms with Gasteiger partial charge in [-0.15, -0.1) is 0 Å². The molecule has 0 saturated carbocycles. The minimum atomic E-state index is -3.80. The van der Waals surface area contributed by atoms with Crippen molar-refractivity contribution >= 4 is 38.6 Å². The van der Waals surface area contributed by atoms with Crippen LogP contribution >= 0.6 is 0 Å². The van der Waals surface area contributed by atoms with Gasteiger partial charge >= 0.3 is 0 Å². The van der Waals surface area contributed by atoms with E-state index in [1.54, 1.807) is 12.3 Å². The van der Waals surface area contributed by atoms with E-state index in [0.29, 0.717) is 29.9 Å². The van der Waals surface area contributed by atoms with Crippen LogP contribution in [0.1, 0.15) is 27.2 Å². The molecule has 2 aromatic carbocycles. The molecule has 3 heterocycles. The van der Waals surface area contributed by atoms with Crippen LogP contribution < -0.4 is 10.6 Å². The number of carbonyl (C=O) groups excluding carboxylic acids is 2. The number of aromatic nitrogens is 1. The second-order valence-corrected chi connectivity index (χ2v) is 10.5. The smallest absolute Gasteiger partial charge is 0.251 e. The van der Waals surface area contributed by atoms with Crippen LogP contribution in [0.5, 0.6) is 0 Å². The number of pyridine rings is 1. The number of carbonyl (C=O) groups is 2. The Labute approximate surface area is 213 Å². The molecule has 0 atom stereocenters. The van der Waals surface area contributed by atoms with Crippen molar-refractivity contribution < 1.29 is 22.4 Å². The molecule has 1 aliphatic rings. The Morgan fingerprint density at radius 1 is 1.08 bits per heavy atom. The predicted molar refractivity (Wildman–Crippen MR) is 138 cm³/mol. The average molecular weight is 517 g/mol. The quantitative estimate of drug-likeness (QED) is 0.345. The number of rotatable bonds is 8. The largest absolute Gasteiger partial charge is 0.444 e. The lowest BCUT2D eigenvalue weighted by atomic mass is 10.1. The van der Waals surface area contributed by atoms with Gasteiger partial charge in [0.15, 0.2) is 5.88 Å². The number of hydrogen-bond donors (Lipinski definition) is 2. The molecule has 0 unspecified atom stereocenters. The zero-order valence-corrected chi connectivity index (χ0v) is 20.6. The van der Waals surface area contributed by atoms with Crippen molar-refractivity contribution in [3.05, 3.63) is 102 Å². The van der Waals surface area contributed by atoms with E-state index in [2.05, 4.69) is 22.2 Å². The Kier molecular flexibility index (Phi) is 6.60. The molecule has 2 N–H and O–H groups in total. The van der Waals surface area contributed by atoms with Crippen LogP contribution in [0.4, 0.5) is 5.88 Å². The lowest BCUT2D eigenvalue weighted by molar-refractivity contribution is -0.112. The van der Waals surface area contributed by atoms with E-state index in [0.717, 1.165) is 22.5 Å². The fourth-order valence-electron chi connectivity index (χ4n) is 4.16. The van der Waals surface area contributed by atoms with Crippen molar-refractivity contribution in [1.29, 1.82) is 0 Å². The van der Waals surface area contributed by atoms with Crippen molar-refractivity contribution in [1.82, 2.24) is 14.6 Å². The van der Waals surface area contributed by atoms with Gasteiger partial charge in [0.1, 0.15) is 5.76 Å². The van der Waals surface area contributed by atoms with Gasteiger partial charge in [0.05, 0.1) is 17.0 Å². The molecule has 188 valence electrons. The predicted octanol–water partition coefficient (Wildman–Crippen LogP) is 3.63. The maximum atomic E-state index is 13.1. The third-order valence-electron chi connectivity index (χ3n) is 6.12. The van der Waals surface area contributed by atoms with Gasteiger partial charge in [-0.2, -0.15) is 4.31 Å². The van der Waals surface area contributed by atoms with Crippen molar-refractivity contribution in [2.75, 3.05) is 11.9 Å². The Balaban J connectivity index is 1.18. The number of nitrogens with zero attached hydrogens (tertiary/aromatic N) is 2. The summed E-state index contributed by atoms with van der Waals surface area (Å²) >= 11 is 0. The Hall–Kier alpha value is -4.28. The minimum Gasteiger partial charge on any atom is -0.444 e. The first-order valence-electron chi connectivity index (χ1n) is 11.6. The van der Waals surface area contributed by atoms with Gasteiger partial charge in [0.25, 0.3) is 5.91 Å². The highest BCUT2D eigenvalue weighted by atomic mass is 32.2. The van der Waals surface area contributed by atoms with E-state index in [1.807, 2.05) is 30.3 Å². The van der Waals surface area contributed by atoms with Gasteiger partial charge in [0.2, 0.25) is 15.9 Å². The highest BCUT2D eigenvalue weighted by molar-refractivity contribution is 7.89. The van der Waals surface area contributed by atoms with Crippen LogP contribution in [0.3, 0.4) is 0 Å². The number of anilines is 1. The molecule has 0 fully saturated rings. The Morgan fingerprint density at radius 3 is 2.65 bits per heavy atom. The fraction of sp³-hybridized carbons (Fsp3) is 0.148. The summed E-state index contributed by atoms with van der Waals surface area (Å²) in [6, 6.07) is 17.4. The molecule has 37 heavy (non-hydrogen) atoms. The summed E-state index contributed by atoms with van der Waals surface area (Å²) in [7, 11) is -3.80. The van der Waals surface area contributed by atoms with Crippen LogP contribution in [0.2, 0.25) is 0 Å². The maximum absolute atomic E-state index is 13.1. The summed E-state index contributed by atoms with van der Waals surface area (Å²) in [5.41, 5.74) is 3.02. The summed E-state index contributed by atoms with van der Waals surface area (Å²) in [6.07, 6.45) is 3.52. The molecule has 0 bridgehead atoms. The molecular formula is C27H24N4O5S. The van der Waals surface area contributed by atoms with Crippen molar-refractivity contribution in [3.8, 4) is 0 Å². The summed E-state index contributed by atoms with van der Waals surface area (Å²) < 4.78 is 33.1. The standard InChI is InChI=1S/C27H24N4O5S/c1-2-25(32)30-26-15-21-16-31(17-24(21)36-26)37(34,35)22-9-7-20(8-10-22)27(33)29-13-11-18-5-6-19-4-3-12-28-23(19)14-18/h2-10,12,14-15H,1,11,13,16-17H2,(H,29,33)(H,30,32). The van der Waals surface area contributed by atoms with Gasteiger partial charge < -0.3 is 9.73 Å². The van der Waals surface area contributed by atoms with E-state index in [-0.39, 0.29) is 29.8 Å². The third kappa shape index (κ3) is 5.16. The van der Waals surface area contributed by atoms with E-state index in [9.17, 15) is 18.0 Å². The molecular weight excluding hydrogens is 492 g/mol. The van der Waals surface area contributed by atoms with Gasteiger partial charge in [-0.05, 0) is 54.5 Å². The summed E-state index contributed by atoms with van der Waals surface area (Å²) in [5, 5.41) is 6.45. The molecule has 10 heteroatoms. The molecule has 0 radical (unpaired) electrons. The fourth-order valence-corrected chi connectivity index (χ4v) is 5.54. The lowest BCUT2D eigenvalue weighted by Crippen LogP contribution is -2.27. The molecule has 1 aliphatic heterocycles. The zero-order valence-electron chi connectivity index (χ0n) is 19.8. The normalized spacial score (nSPS) is 13.3. The van der Waals surface area contributed by atoms with Crippen molar-refractivity contribution in [2.45, 2.75) is 24.4 Å². The summed E-state index contributed by atoms with van der Waals surface area (Å²) in [5.74, 6) is 0.0325. The van der Waals surface area contributed by atoms with Gasteiger partial charge in [-0.25, -0.2) is 8.42 Å². The number of benzene rings is 2. The van der Waals surface area contributed by atoms with Crippen LogP contribution in [0, 0.1) is 0 Å². The molecule has 0 spiro atoms. The number of furan rings is 1. The zero-order chi connectivity index (χ0) is 26.0. The van der Waals surface area contributed by atoms with E-state index < -0.39 is 15.9 Å². The van der Waals surface area contributed by atoms with E-state index >= 15 is 0 Å².